The third kappa shape index (κ3) is 3.78. The lowest BCUT2D eigenvalue weighted by molar-refractivity contribution is -0.116. The molecule has 7 heteroatoms. The minimum absolute atomic E-state index is 0.0834. The standard InChI is InChI=1S/C19H18N2O3S2/c22-18(9-13-7-8-26(23,24)12-13)21-19-20-17(11-25-19)16-6-5-14-3-1-2-4-15(14)10-16/h1-6,10-11,13H,7-9,12H2,(H,20,21,22)/t13-/m1/s1. The molecule has 0 radical (unpaired) electrons. The highest BCUT2D eigenvalue weighted by atomic mass is 32.2. The maximum absolute atomic E-state index is 12.2. The third-order valence-electron chi connectivity index (χ3n) is 4.60. The Balaban J connectivity index is 1.44. The zero-order valence-corrected chi connectivity index (χ0v) is 15.6. The van der Waals surface area contributed by atoms with Crippen LogP contribution in [0.2, 0.25) is 0 Å². The van der Waals surface area contributed by atoms with E-state index in [-0.39, 0.29) is 29.8 Å². The molecule has 1 N–H and O–H groups in total. The number of fused-ring (bicyclic) bond motifs is 1. The molecule has 2 aromatic carbocycles. The fraction of sp³-hybridized carbons (Fsp3) is 0.263. The molecule has 1 aromatic heterocycles. The van der Waals surface area contributed by atoms with Crippen molar-refractivity contribution in [2.45, 2.75) is 12.8 Å². The highest BCUT2D eigenvalue weighted by Gasteiger charge is 2.29. The smallest absolute Gasteiger partial charge is 0.226 e. The molecule has 0 unspecified atom stereocenters. The molecule has 5 nitrogen and oxygen atoms in total. The van der Waals surface area contributed by atoms with Crippen LogP contribution in [-0.4, -0.2) is 30.8 Å². The largest absolute Gasteiger partial charge is 0.302 e. The first-order valence-electron chi connectivity index (χ1n) is 8.43. The van der Waals surface area contributed by atoms with Crippen LogP contribution < -0.4 is 5.32 Å². The Hall–Kier alpha value is -2.25. The number of aromatic nitrogens is 1. The van der Waals surface area contributed by atoms with Crippen LogP contribution in [0.15, 0.2) is 47.8 Å². The van der Waals surface area contributed by atoms with E-state index in [1.165, 1.54) is 16.7 Å². The van der Waals surface area contributed by atoms with Crippen LogP contribution in [0.25, 0.3) is 22.0 Å². The van der Waals surface area contributed by atoms with Gasteiger partial charge in [-0.3, -0.25) is 4.79 Å². The lowest BCUT2D eigenvalue weighted by Gasteiger charge is -2.06. The number of benzene rings is 2. The number of anilines is 1. The van der Waals surface area contributed by atoms with Gasteiger partial charge < -0.3 is 5.32 Å². The number of nitrogens with one attached hydrogen (secondary N) is 1. The number of carbonyl (C=O) groups is 1. The van der Waals surface area contributed by atoms with E-state index in [9.17, 15) is 13.2 Å². The number of sulfone groups is 1. The van der Waals surface area contributed by atoms with E-state index in [1.54, 1.807) is 0 Å². The number of nitrogens with zero attached hydrogens (tertiary/aromatic N) is 1. The van der Waals surface area contributed by atoms with Crippen LogP contribution in [-0.2, 0) is 14.6 Å². The van der Waals surface area contributed by atoms with Crippen molar-refractivity contribution in [1.82, 2.24) is 4.98 Å². The van der Waals surface area contributed by atoms with E-state index in [4.69, 9.17) is 0 Å². The Morgan fingerprint density at radius 1 is 1.19 bits per heavy atom. The summed E-state index contributed by atoms with van der Waals surface area (Å²) in [5.41, 5.74) is 1.82. The van der Waals surface area contributed by atoms with Crippen LogP contribution in [0.3, 0.4) is 0 Å². The van der Waals surface area contributed by atoms with Gasteiger partial charge in [0.1, 0.15) is 0 Å². The average molecular weight is 386 g/mol. The Bertz CT molecular complexity index is 1070. The summed E-state index contributed by atoms with van der Waals surface area (Å²) in [6, 6.07) is 14.3. The van der Waals surface area contributed by atoms with Gasteiger partial charge in [-0.1, -0.05) is 36.4 Å². The molecule has 4 rings (SSSR count). The Morgan fingerprint density at radius 3 is 2.77 bits per heavy atom. The van der Waals surface area contributed by atoms with Crippen molar-refractivity contribution in [3.05, 3.63) is 47.8 Å². The molecule has 1 atom stereocenters. The Labute approximate surface area is 156 Å². The molecule has 0 spiro atoms. The predicted octanol–water partition coefficient (Wildman–Crippen LogP) is 3.73. The first-order valence-corrected chi connectivity index (χ1v) is 11.1. The Morgan fingerprint density at radius 2 is 2.00 bits per heavy atom. The van der Waals surface area contributed by atoms with Gasteiger partial charge in [-0.25, -0.2) is 13.4 Å². The van der Waals surface area contributed by atoms with Crippen molar-refractivity contribution in [2.24, 2.45) is 5.92 Å². The number of hydrogen-bond acceptors (Lipinski definition) is 5. The lowest BCUT2D eigenvalue weighted by atomic mass is 10.1. The quantitative estimate of drug-likeness (QED) is 0.741. The fourth-order valence-electron chi connectivity index (χ4n) is 3.28. The average Bonchev–Trinajstić information content (AvgIpc) is 3.20. The van der Waals surface area contributed by atoms with Gasteiger partial charge in [0, 0.05) is 17.4 Å². The van der Waals surface area contributed by atoms with Crippen molar-refractivity contribution in [3.8, 4) is 11.3 Å². The zero-order valence-electron chi connectivity index (χ0n) is 14.0. The fourth-order valence-corrected chi connectivity index (χ4v) is 5.88. The summed E-state index contributed by atoms with van der Waals surface area (Å²) < 4.78 is 23.0. The summed E-state index contributed by atoms with van der Waals surface area (Å²) in [4.78, 5) is 16.7. The molecule has 134 valence electrons. The van der Waals surface area contributed by atoms with E-state index in [2.05, 4.69) is 34.6 Å². The summed E-state index contributed by atoms with van der Waals surface area (Å²) in [6.07, 6.45) is 0.792. The molecule has 0 bridgehead atoms. The van der Waals surface area contributed by atoms with Crippen molar-refractivity contribution in [3.63, 3.8) is 0 Å². The van der Waals surface area contributed by atoms with Crippen LogP contribution in [0.4, 0.5) is 5.13 Å². The lowest BCUT2D eigenvalue weighted by Crippen LogP contribution is -2.17. The monoisotopic (exact) mass is 386 g/mol. The van der Waals surface area contributed by atoms with Crippen LogP contribution >= 0.6 is 11.3 Å². The third-order valence-corrected chi connectivity index (χ3v) is 7.19. The highest BCUT2D eigenvalue weighted by Crippen LogP contribution is 2.28. The topological polar surface area (TPSA) is 76.1 Å². The van der Waals surface area contributed by atoms with E-state index >= 15 is 0 Å². The maximum Gasteiger partial charge on any atom is 0.226 e. The van der Waals surface area contributed by atoms with Crippen LogP contribution in [0, 0.1) is 5.92 Å². The minimum Gasteiger partial charge on any atom is -0.302 e. The molecule has 0 saturated carbocycles. The molecule has 1 amide bonds. The van der Waals surface area contributed by atoms with Gasteiger partial charge in [-0.2, -0.15) is 0 Å². The summed E-state index contributed by atoms with van der Waals surface area (Å²) in [5.74, 6) is 0.0426. The van der Waals surface area contributed by atoms with Crippen LogP contribution in [0.1, 0.15) is 12.8 Å². The van der Waals surface area contributed by atoms with E-state index in [0.29, 0.717) is 11.6 Å². The molecule has 1 aliphatic rings. The number of hydrogen-bond donors (Lipinski definition) is 1. The van der Waals surface area contributed by atoms with E-state index in [0.717, 1.165) is 16.6 Å². The van der Waals surface area contributed by atoms with E-state index < -0.39 is 9.84 Å². The summed E-state index contributed by atoms with van der Waals surface area (Å²) in [7, 11) is -2.96. The van der Waals surface area contributed by atoms with Gasteiger partial charge >= 0.3 is 0 Å². The van der Waals surface area contributed by atoms with Gasteiger partial charge in [0.25, 0.3) is 0 Å². The second-order valence-electron chi connectivity index (χ2n) is 6.62. The first kappa shape index (κ1) is 17.2. The molecule has 1 aliphatic heterocycles. The number of rotatable bonds is 4. The summed E-state index contributed by atoms with van der Waals surface area (Å²) >= 11 is 1.37. The minimum atomic E-state index is -2.96. The molecule has 2 heterocycles. The second kappa shape index (κ2) is 6.81. The summed E-state index contributed by atoms with van der Waals surface area (Å²) in [5, 5.41) is 7.57. The second-order valence-corrected chi connectivity index (χ2v) is 9.71. The molecule has 26 heavy (non-hydrogen) atoms. The van der Waals surface area contributed by atoms with Gasteiger partial charge in [-0.15, -0.1) is 11.3 Å². The number of thiazole rings is 1. The van der Waals surface area contributed by atoms with E-state index in [1.807, 2.05) is 23.6 Å². The number of amides is 1. The predicted molar refractivity (Wildman–Crippen MR) is 105 cm³/mol. The molecular weight excluding hydrogens is 368 g/mol. The maximum atomic E-state index is 12.2. The molecule has 3 aromatic rings. The van der Waals surface area contributed by atoms with Crippen molar-refractivity contribution < 1.29 is 13.2 Å². The molecule has 1 fully saturated rings. The van der Waals surface area contributed by atoms with Gasteiger partial charge in [-0.05, 0) is 29.2 Å². The Kier molecular flexibility index (Phi) is 4.50. The van der Waals surface area contributed by atoms with Crippen LogP contribution in [0.5, 0.6) is 0 Å². The SMILES string of the molecule is O=C(C[C@H]1CCS(=O)(=O)C1)Nc1nc(-c2ccc3ccccc3c2)cs1. The van der Waals surface area contributed by atoms with Gasteiger partial charge in [0.15, 0.2) is 15.0 Å². The zero-order chi connectivity index (χ0) is 18.1. The molecule has 1 saturated heterocycles. The van der Waals surface area contributed by atoms with Crippen molar-refractivity contribution >= 4 is 43.0 Å². The highest BCUT2D eigenvalue weighted by molar-refractivity contribution is 7.91. The normalized spacial score (nSPS) is 18.8. The van der Waals surface area contributed by atoms with Gasteiger partial charge in [0.2, 0.25) is 5.91 Å². The van der Waals surface area contributed by atoms with Crippen molar-refractivity contribution in [2.75, 3.05) is 16.8 Å². The summed E-state index contributed by atoms with van der Waals surface area (Å²) in [6.45, 7) is 0. The van der Waals surface area contributed by atoms with Crippen molar-refractivity contribution in [1.29, 1.82) is 0 Å². The molecule has 0 aliphatic carbocycles. The van der Waals surface area contributed by atoms with Gasteiger partial charge in [0.05, 0.1) is 17.2 Å². The molecular formula is C19H18N2O3S2. The number of carbonyl (C=O) groups excluding carboxylic acids is 1. The first-order chi connectivity index (χ1) is 12.5.